The van der Waals surface area contributed by atoms with E-state index < -0.39 is 11.9 Å². The van der Waals surface area contributed by atoms with Crippen LogP contribution in [-0.2, 0) is 24.3 Å². The van der Waals surface area contributed by atoms with E-state index in [0.717, 1.165) is 34.2 Å². The Kier molecular flexibility index (Phi) is 7.68. The Morgan fingerprint density at radius 2 is 1.88 bits per heavy atom. The summed E-state index contributed by atoms with van der Waals surface area (Å²) in [6.07, 6.45) is -0.0121. The molecule has 2 heterocycles. The van der Waals surface area contributed by atoms with Gasteiger partial charge in [0.1, 0.15) is 5.75 Å². The highest BCUT2D eigenvalue weighted by Crippen LogP contribution is 2.47. The van der Waals surface area contributed by atoms with Crippen LogP contribution in [0.25, 0.3) is 11.1 Å². The molecule has 0 saturated heterocycles. The summed E-state index contributed by atoms with van der Waals surface area (Å²) in [7, 11) is 0. The summed E-state index contributed by atoms with van der Waals surface area (Å²) in [5, 5.41) is 6.06. The van der Waals surface area contributed by atoms with Crippen LogP contribution in [0.3, 0.4) is 0 Å². The van der Waals surface area contributed by atoms with Crippen LogP contribution in [0.15, 0.2) is 60.9 Å². The number of nitrogens with one attached hydrogen (secondary N) is 2. The van der Waals surface area contributed by atoms with E-state index in [1.807, 2.05) is 45.0 Å². The van der Waals surface area contributed by atoms with Gasteiger partial charge in [-0.1, -0.05) is 30.3 Å². The molecule has 0 unspecified atom stereocenters. The van der Waals surface area contributed by atoms with Crippen LogP contribution >= 0.6 is 0 Å². The molecule has 2 aromatic carbocycles. The molecule has 0 bridgehead atoms. The second-order valence-electron chi connectivity index (χ2n) is 11.6. The molecule has 1 aliphatic heterocycles. The van der Waals surface area contributed by atoms with Gasteiger partial charge in [0.25, 0.3) is 0 Å². The molecule has 3 amide bonds. The molecule has 3 aromatic rings. The van der Waals surface area contributed by atoms with Crippen LogP contribution in [0.1, 0.15) is 55.4 Å². The van der Waals surface area contributed by atoms with Crippen molar-refractivity contribution in [2.24, 2.45) is 5.92 Å². The van der Waals surface area contributed by atoms with Crippen LogP contribution in [0, 0.1) is 5.92 Å². The summed E-state index contributed by atoms with van der Waals surface area (Å²) in [4.78, 5) is 31.9. The first-order valence-electron chi connectivity index (χ1n) is 13.6. The first kappa shape index (κ1) is 28.4. The summed E-state index contributed by atoms with van der Waals surface area (Å²) < 4.78 is 42.7. The van der Waals surface area contributed by atoms with Crippen molar-refractivity contribution in [2.75, 3.05) is 6.54 Å². The molecule has 10 heteroatoms. The molecule has 2 atom stereocenters. The number of rotatable bonds is 6. The van der Waals surface area contributed by atoms with Gasteiger partial charge in [0, 0.05) is 43.5 Å². The molecule has 2 aliphatic rings. The standard InChI is InChI=1S/C31H33F3N4O3/c1-30(2,3)37-29(40)38-13-11-24-23(19-6-4-8-22(14-19)41-31(32,33)34)10-9-21(27(24)18-38)17-36-28(39)26-15-25(26)20-7-5-12-35-16-20/h4-10,12,14,16,25-26H,11,13,15,17-18H2,1-3H3,(H,36,39)(H,37,40)/t25-,26+/m0/s1. The topological polar surface area (TPSA) is 83.6 Å². The third kappa shape index (κ3) is 6.99. The largest absolute Gasteiger partial charge is 0.573 e. The van der Waals surface area contributed by atoms with Crippen LogP contribution in [0.2, 0.25) is 0 Å². The Morgan fingerprint density at radius 1 is 1.07 bits per heavy atom. The Bertz CT molecular complexity index is 1440. The van der Waals surface area contributed by atoms with Gasteiger partial charge in [-0.3, -0.25) is 9.78 Å². The second kappa shape index (κ2) is 11.1. The van der Waals surface area contributed by atoms with Crippen molar-refractivity contribution < 1.29 is 27.5 Å². The minimum absolute atomic E-state index is 0.0354. The first-order valence-corrected chi connectivity index (χ1v) is 13.6. The lowest BCUT2D eigenvalue weighted by Gasteiger charge is -2.34. The number of nitrogens with zero attached hydrogens (tertiary/aromatic N) is 2. The van der Waals surface area contributed by atoms with Crippen LogP contribution in [0.4, 0.5) is 18.0 Å². The number of urea groups is 1. The zero-order valence-corrected chi connectivity index (χ0v) is 23.2. The number of benzene rings is 2. The number of halogens is 3. The minimum atomic E-state index is -4.79. The zero-order chi connectivity index (χ0) is 29.4. The SMILES string of the molecule is CC(C)(C)NC(=O)N1CCc2c(-c3cccc(OC(F)(F)F)c3)ccc(CNC(=O)[C@@H]3C[C@H]3c3cccnc3)c2C1. The van der Waals surface area contributed by atoms with Gasteiger partial charge in [0.2, 0.25) is 5.91 Å². The fourth-order valence-electron chi connectivity index (χ4n) is 5.37. The number of amides is 3. The normalized spacial score (nSPS) is 18.3. The van der Waals surface area contributed by atoms with Gasteiger partial charge in [0.15, 0.2) is 0 Å². The highest BCUT2D eigenvalue weighted by atomic mass is 19.4. The number of fused-ring (bicyclic) bond motifs is 1. The van der Waals surface area contributed by atoms with E-state index in [9.17, 15) is 22.8 Å². The molecule has 7 nitrogen and oxygen atoms in total. The smallest absolute Gasteiger partial charge is 0.406 e. The van der Waals surface area contributed by atoms with Crippen molar-refractivity contribution in [3.63, 3.8) is 0 Å². The monoisotopic (exact) mass is 566 g/mol. The third-order valence-electron chi connectivity index (χ3n) is 7.35. The average molecular weight is 567 g/mol. The van der Waals surface area contributed by atoms with Crippen molar-refractivity contribution in [3.8, 4) is 16.9 Å². The quantitative estimate of drug-likeness (QED) is 0.387. The van der Waals surface area contributed by atoms with Gasteiger partial charge in [-0.15, -0.1) is 13.2 Å². The minimum Gasteiger partial charge on any atom is -0.406 e. The molecule has 216 valence electrons. The number of carbonyl (C=O) groups excluding carboxylic acids is 2. The molecular weight excluding hydrogens is 533 g/mol. The average Bonchev–Trinajstić information content (AvgIpc) is 3.71. The molecule has 5 rings (SSSR count). The second-order valence-corrected chi connectivity index (χ2v) is 11.6. The number of aromatic nitrogens is 1. The van der Waals surface area contributed by atoms with Crippen molar-refractivity contribution in [1.29, 1.82) is 0 Å². The highest BCUT2D eigenvalue weighted by molar-refractivity contribution is 5.83. The number of pyridine rings is 1. The fraction of sp³-hybridized carbons (Fsp3) is 0.387. The summed E-state index contributed by atoms with van der Waals surface area (Å²) >= 11 is 0. The Labute approximate surface area is 237 Å². The lowest BCUT2D eigenvalue weighted by molar-refractivity contribution is -0.274. The van der Waals surface area contributed by atoms with Gasteiger partial charge in [-0.25, -0.2) is 4.79 Å². The number of ether oxygens (including phenoxy) is 1. The Morgan fingerprint density at radius 3 is 2.59 bits per heavy atom. The Hall–Kier alpha value is -4.08. The number of hydrogen-bond acceptors (Lipinski definition) is 4. The maximum atomic E-state index is 13.0. The molecule has 41 heavy (non-hydrogen) atoms. The maximum Gasteiger partial charge on any atom is 0.573 e. The molecule has 0 radical (unpaired) electrons. The van der Waals surface area contributed by atoms with E-state index in [-0.39, 0.29) is 36.1 Å². The van der Waals surface area contributed by atoms with Crippen molar-refractivity contribution >= 4 is 11.9 Å². The van der Waals surface area contributed by atoms with Gasteiger partial charge >= 0.3 is 12.4 Å². The fourth-order valence-corrected chi connectivity index (χ4v) is 5.37. The van der Waals surface area contributed by atoms with Gasteiger partial charge in [-0.2, -0.15) is 0 Å². The highest BCUT2D eigenvalue weighted by Gasteiger charge is 2.44. The predicted molar refractivity (Wildman–Crippen MR) is 148 cm³/mol. The lowest BCUT2D eigenvalue weighted by Crippen LogP contribution is -2.50. The van der Waals surface area contributed by atoms with Gasteiger partial charge in [0.05, 0.1) is 0 Å². The van der Waals surface area contributed by atoms with Crippen molar-refractivity contribution in [3.05, 3.63) is 83.2 Å². The van der Waals surface area contributed by atoms with Gasteiger partial charge in [-0.05, 0) is 91.1 Å². The predicted octanol–water partition coefficient (Wildman–Crippen LogP) is 5.93. The summed E-state index contributed by atoms with van der Waals surface area (Å²) in [5.41, 5.74) is 4.70. The van der Waals surface area contributed by atoms with Gasteiger partial charge < -0.3 is 20.3 Å². The molecular formula is C31H33F3N4O3. The zero-order valence-electron chi connectivity index (χ0n) is 23.2. The van der Waals surface area contributed by atoms with E-state index in [2.05, 4.69) is 20.4 Å². The third-order valence-corrected chi connectivity index (χ3v) is 7.35. The maximum absolute atomic E-state index is 13.0. The molecule has 2 N–H and O–H groups in total. The Balaban J connectivity index is 1.40. The lowest BCUT2D eigenvalue weighted by atomic mass is 9.87. The van der Waals surface area contributed by atoms with E-state index in [0.29, 0.717) is 25.1 Å². The number of alkyl halides is 3. The summed E-state index contributed by atoms with van der Waals surface area (Å²) in [6.45, 7) is 6.78. The van der Waals surface area contributed by atoms with E-state index in [1.165, 1.54) is 18.2 Å². The molecule has 0 spiro atoms. The number of hydrogen-bond donors (Lipinski definition) is 2. The molecule has 1 fully saturated rings. The van der Waals surface area contributed by atoms with E-state index >= 15 is 0 Å². The van der Waals surface area contributed by atoms with Crippen LogP contribution in [-0.4, -0.2) is 40.3 Å². The van der Waals surface area contributed by atoms with E-state index in [4.69, 9.17) is 0 Å². The van der Waals surface area contributed by atoms with Crippen molar-refractivity contribution in [1.82, 2.24) is 20.5 Å². The van der Waals surface area contributed by atoms with Crippen LogP contribution < -0.4 is 15.4 Å². The van der Waals surface area contributed by atoms with E-state index in [1.54, 1.807) is 23.4 Å². The molecule has 1 saturated carbocycles. The number of carbonyl (C=O) groups is 2. The van der Waals surface area contributed by atoms with Crippen LogP contribution in [0.5, 0.6) is 5.75 Å². The summed E-state index contributed by atoms with van der Waals surface area (Å²) in [6, 6.07) is 13.3. The first-order chi connectivity index (χ1) is 19.4. The van der Waals surface area contributed by atoms with Crippen molar-refractivity contribution in [2.45, 2.75) is 64.5 Å². The molecule has 1 aromatic heterocycles. The molecule has 1 aliphatic carbocycles. The summed E-state index contributed by atoms with van der Waals surface area (Å²) in [5.74, 6) is -0.288.